The number of rotatable bonds is 4. The molecule has 3 heterocycles. The van der Waals surface area contributed by atoms with Crippen LogP contribution in [0.15, 0.2) is 59.1 Å². The van der Waals surface area contributed by atoms with E-state index in [1.807, 2.05) is 0 Å². The van der Waals surface area contributed by atoms with Crippen LogP contribution >= 0.6 is 0 Å². The van der Waals surface area contributed by atoms with E-state index >= 15 is 0 Å². The zero-order valence-electron chi connectivity index (χ0n) is 13.3. The lowest BCUT2D eigenvalue weighted by Gasteiger charge is -2.02. The highest BCUT2D eigenvalue weighted by atomic mass is 16.4. The Hall–Kier alpha value is -3.94. The Balaban J connectivity index is 1.68. The van der Waals surface area contributed by atoms with Gasteiger partial charge in [-0.25, -0.2) is 4.79 Å². The van der Waals surface area contributed by atoms with E-state index < -0.39 is 5.97 Å². The van der Waals surface area contributed by atoms with Crippen molar-refractivity contribution in [2.75, 3.05) is 5.32 Å². The van der Waals surface area contributed by atoms with Crippen LogP contribution in [0.25, 0.3) is 22.2 Å². The normalized spacial score (nSPS) is 10.8. The summed E-state index contributed by atoms with van der Waals surface area (Å²) in [4.78, 5) is 27.2. The zero-order chi connectivity index (χ0) is 18.1. The fourth-order valence-corrected chi connectivity index (χ4v) is 2.54. The van der Waals surface area contributed by atoms with Gasteiger partial charge < -0.3 is 14.8 Å². The predicted molar refractivity (Wildman–Crippen MR) is 92.9 cm³/mol. The number of carboxylic acid groups (broad SMARTS) is 1. The van der Waals surface area contributed by atoms with Crippen LogP contribution in [0.2, 0.25) is 0 Å². The van der Waals surface area contributed by atoms with Gasteiger partial charge in [-0.3, -0.25) is 14.9 Å². The van der Waals surface area contributed by atoms with Crippen LogP contribution in [0.1, 0.15) is 21.0 Å². The highest BCUT2D eigenvalue weighted by Gasteiger charge is 2.15. The third kappa shape index (κ3) is 2.80. The van der Waals surface area contributed by atoms with E-state index in [0.717, 1.165) is 5.52 Å². The molecule has 26 heavy (non-hydrogen) atoms. The number of benzene rings is 1. The number of carboxylic acids is 1. The lowest BCUT2D eigenvalue weighted by Crippen LogP contribution is -2.13. The fraction of sp³-hybridized carbons (Fsp3) is 0. The van der Waals surface area contributed by atoms with Gasteiger partial charge in [0.25, 0.3) is 5.91 Å². The number of pyridine rings is 1. The van der Waals surface area contributed by atoms with Crippen molar-refractivity contribution >= 4 is 28.6 Å². The largest absolute Gasteiger partial charge is 0.475 e. The molecule has 0 saturated heterocycles. The molecule has 3 aromatic heterocycles. The van der Waals surface area contributed by atoms with Crippen molar-refractivity contribution in [2.24, 2.45) is 0 Å². The van der Waals surface area contributed by atoms with E-state index in [2.05, 4.69) is 20.5 Å². The number of aromatic nitrogens is 3. The molecule has 0 bridgehead atoms. The summed E-state index contributed by atoms with van der Waals surface area (Å²) >= 11 is 0. The Bertz CT molecular complexity index is 1110. The molecule has 0 fully saturated rings. The summed E-state index contributed by atoms with van der Waals surface area (Å²) in [5.74, 6) is -0.898. The first kappa shape index (κ1) is 15.6. The Morgan fingerprint density at radius 1 is 1.12 bits per heavy atom. The van der Waals surface area contributed by atoms with Crippen molar-refractivity contribution in [1.29, 1.82) is 0 Å². The molecular weight excluding hydrogens is 336 g/mol. The molecule has 1 amide bonds. The number of hydrogen-bond donors (Lipinski definition) is 3. The zero-order valence-corrected chi connectivity index (χ0v) is 13.3. The minimum atomic E-state index is -1.14. The summed E-state index contributed by atoms with van der Waals surface area (Å²) in [5, 5.41) is 19.3. The fourth-order valence-electron chi connectivity index (χ4n) is 2.54. The first-order valence-corrected chi connectivity index (χ1v) is 7.66. The summed E-state index contributed by atoms with van der Waals surface area (Å²) in [6.07, 6.45) is 1.53. The molecule has 0 atom stereocenters. The predicted octanol–water partition coefficient (Wildman–Crippen LogP) is 3.17. The molecule has 0 aliphatic carbocycles. The number of carbonyl (C=O) groups excluding carboxylic acids is 1. The number of H-pyrrole nitrogens is 1. The third-order valence-electron chi connectivity index (χ3n) is 3.79. The molecule has 8 heteroatoms. The quantitative estimate of drug-likeness (QED) is 0.521. The van der Waals surface area contributed by atoms with Crippen molar-refractivity contribution in [3.8, 4) is 11.3 Å². The monoisotopic (exact) mass is 348 g/mol. The molecule has 0 saturated carbocycles. The van der Waals surface area contributed by atoms with Crippen LogP contribution in [0.5, 0.6) is 0 Å². The Labute approximate surface area is 146 Å². The van der Waals surface area contributed by atoms with E-state index in [4.69, 9.17) is 9.52 Å². The van der Waals surface area contributed by atoms with Crippen LogP contribution in [-0.2, 0) is 0 Å². The van der Waals surface area contributed by atoms with Crippen molar-refractivity contribution < 1.29 is 19.1 Å². The molecule has 0 aliphatic heterocycles. The summed E-state index contributed by atoms with van der Waals surface area (Å²) < 4.78 is 5.32. The second-order valence-electron chi connectivity index (χ2n) is 5.47. The third-order valence-corrected chi connectivity index (χ3v) is 3.79. The Kier molecular flexibility index (Phi) is 3.70. The minimum absolute atomic E-state index is 0.143. The topological polar surface area (TPSA) is 121 Å². The first-order valence-electron chi connectivity index (χ1n) is 7.66. The molecule has 128 valence electrons. The number of aromatic carboxylic acids is 1. The van der Waals surface area contributed by atoms with Gasteiger partial charge in [-0.2, -0.15) is 5.10 Å². The maximum Gasteiger partial charge on any atom is 0.371 e. The summed E-state index contributed by atoms with van der Waals surface area (Å²) in [7, 11) is 0. The van der Waals surface area contributed by atoms with Crippen molar-refractivity contribution in [3.05, 3.63) is 66.2 Å². The van der Waals surface area contributed by atoms with Crippen LogP contribution in [-0.4, -0.2) is 32.2 Å². The second kappa shape index (κ2) is 6.17. The molecule has 0 radical (unpaired) electrons. The SMILES string of the molecule is O=C(Nc1n[nH]c2ccc(-c3ccc(C(=O)O)o3)cc12)c1ccccn1. The van der Waals surface area contributed by atoms with Gasteiger partial charge in [0.05, 0.1) is 5.52 Å². The molecule has 0 aliphatic rings. The summed E-state index contributed by atoms with van der Waals surface area (Å²) in [6.45, 7) is 0. The number of nitrogens with zero attached hydrogens (tertiary/aromatic N) is 2. The van der Waals surface area contributed by atoms with Gasteiger partial charge in [-0.05, 0) is 42.5 Å². The average molecular weight is 348 g/mol. The molecule has 4 aromatic rings. The smallest absolute Gasteiger partial charge is 0.371 e. The molecule has 8 nitrogen and oxygen atoms in total. The highest BCUT2D eigenvalue weighted by Crippen LogP contribution is 2.29. The van der Waals surface area contributed by atoms with E-state index in [-0.39, 0.29) is 17.4 Å². The van der Waals surface area contributed by atoms with Gasteiger partial charge in [0.1, 0.15) is 11.5 Å². The van der Waals surface area contributed by atoms with Gasteiger partial charge in [0.15, 0.2) is 5.82 Å². The summed E-state index contributed by atoms with van der Waals surface area (Å²) in [6, 6.07) is 13.3. The number of carbonyl (C=O) groups is 2. The van der Waals surface area contributed by atoms with E-state index in [1.165, 1.54) is 12.3 Å². The maximum absolute atomic E-state index is 12.3. The number of anilines is 1. The molecule has 0 spiro atoms. The number of hydrogen-bond acceptors (Lipinski definition) is 5. The van der Waals surface area contributed by atoms with Gasteiger partial charge in [0, 0.05) is 17.1 Å². The van der Waals surface area contributed by atoms with Crippen LogP contribution < -0.4 is 5.32 Å². The highest BCUT2D eigenvalue weighted by molar-refractivity contribution is 6.07. The van der Waals surface area contributed by atoms with Gasteiger partial charge in [0.2, 0.25) is 5.76 Å². The molecular formula is C18H12N4O4. The van der Waals surface area contributed by atoms with E-state index in [9.17, 15) is 9.59 Å². The standard InChI is InChI=1S/C18H12N4O4/c23-17(13-3-1-2-8-19-13)20-16-11-9-10(4-5-12(11)21-22-16)14-6-7-15(26-14)18(24)25/h1-9H,(H,24,25)(H2,20,21,22,23). The average Bonchev–Trinajstić information content (AvgIpc) is 3.30. The minimum Gasteiger partial charge on any atom is -0.475 e. The maximum atomic E-state index is 12.3. The lowest BCUT2D eigenvalue weighted by molar-refractivity contribution is 0.0663. The lowest BCUT2D eigenvalue weighted by atomic mass is 10.1. The van der Waals surface area contributed by atoms with Crippen molar-refractivity contribution in [2.45, 2.75) is 0 Å². The number of furan rings is 1. The Morgan fingerprint density at radius 2 is 2.00 bits per heavy atom. The van der Waals surface area contributed by atoms with Crippen molar-refractivity contribution in [3.63, 3.8) is 0 Å². The van der Waals surface area contributed by atoms with Crippen LogP contribution in [0.3, 0.4) is 0 Å². The molecule has 0 unspecified atom stereocenters. The molecule has 1 aromatic carbocycles. The van der Waals surface area contributed by atoms with Crippen molar-refractivity contribution in [1.82, 2.24) is 15.2 Å². The van der Waals surface area contributed by atoms with Gasteiger partial charge in [-0.1, -0.05) is 6.07 Å². The van der Waals surface area contributed by atoms with E-state index in [1.54, 1.807) is 42.5 Å². The number of amides is 1. The van der Waals surface area contributed by atoms with Crippen LogP contribution in [0, 0.1) is 0 Å². The van der Waals surface area contributed by atoms with E-state index in [0.29, 0.717) is 22.5 Å². The second-order valence-corrected chi connectivity index (χ2v) is 5.47. The molecule has 3 N–H and O–H groups in total. The number of aromatic amines is 1. The summed E-state index contributed by atoms with van der Waals surface area (Å²) in [5.41, 5.74) is 1.66. The number of fused-ring (bicyclic) bond motifs is 1. The van der Waals surface area contributed by atoms with Gasteiger partial charge in [-0.15, -0.1) is 0 Å². The number of nitrogens with one attached hydrogen (secondary N) is 2. The Morgan fingerprint density at radius 3 is 2.73 bits per heavy atom. The van der Waals surface area contributed by atoms with Crippen LogP contribution in [0.4, 0.5) is 5.82 Å². The van der Waals surface area contributed by atoms with Gasteiger partial charge >= 0.3 is 5.97 Å². The first-order chi connectivity index (χ1) is 12.6. The molecule has 4 rings (SSSR count).